The molecule has 1 heterocycles. The average molecular weight is 444 g/mol. The Morgan fingerprint density at radius 2 is 1.73 bits per heavy atom. The number of ether oxygens (including phenoxy) is 3. The molecule has 0 aromatic heterocycles. The van der Waals surface area contributed by atoms with Gasteiger partial charge >= 0.3 is 11.9 Å². The summed E-state index contributed by atoms with van der Waals surface area (Å²) in [5, 5.41) is 18.8. The number of hydrogen-bond donors (Lipinski definition) is 1. The molecule has 9 heteroatoms. The molecule has 1 atom stereocenters. The van der Waals surface area contributed by atoms with Crippen LogP contribution in [0.15, 0.2) is 77.3 Å². The van der Waals surface area contributed by atoms with E-state index < -0.39 is 17.9 Å². The number of anilines is 1. The van der Waals surface area contributed by atoms with Crippen LogP contribution in [0.2, 0.25) is 0 Å². The maximum atomic E-state index is 13.0. The van der Waals surface area contributed by atoms with Crippen LogP contribution < -0.4 is 15.4 Å². The first-order chi connectivity index (χ1) is 16.0. The van der Waals surface area contributed by atoms with E-state index in [1.54, 1.807) is 48.5 Å². The van der Waals surface area contributed by atoms with Crippen molar-refractivity contribution in [3.05, 3.63) is 82.8 Å². The van der Waals surface area contributed by atoms with E-state index in [-0.39, 0.29) is 29.3 Å². The zero-order valence-electron chi connectivity index (χ0n) is 17.9. The normalized spacial score (nSPS) is 15.4. The van der Waals surface area contributed by atoms with Crippen molar-refractivity contribution in [1.82, 2.24) is 0 Å². The molecule has 0 saturated carbocycles. The largest absolute Gasteiger partial charge is 0.479 e. The Balaban J connectivity index is 2.34. The van der Waals surface area contributed by atoms with Crippen molar-refractivity contribution >= 4 is 17.6 Å². The van der Waals surface area contributed by atoms with Crippen molar-refractivity contribution < 1.29 is 23.8 Å². The number of methoxy groups -OCH3 is 2. The van der Waals surface area contributed by atoms with E-state index >= 15 is 0 Å². The molecule has 166 valence electrons. The number of carbonyl (C=O) groups excluding carboxylic acids is 2. The lowest BCUT2D eigenvalue weighted by molar-refractivity contribution is -0.139. The summed E-state index contributed by atoms with van der Waals surface area (Å²) in [5.74, 6) is -2.34. The highest BCUT2D eigenvalue weighted by atomic mass is 16.5. The molecule has 2 N–H and O–H groups in total. The highest BCUT2D eigenvalue weighted by Crippen LogP contribution is 2.43. The number of allylic oxidation sites excluding steroid dienone is 1. The van der Waals surface area contributed by atoms with Crippen molar-refractivity contribution in [2.24, 2.45) is 5.73 Å². The van der Waals surface area contributed by atoms with Crippen LogP contribution in [-0.2, 0) is 19.1 Å². The fourth-order valence-electron chi connectivity index (χ4n) is 3.61. The number of esters is 2. The van der Waals surface area contributed by atoms with Crippen molar-refractivity contribution in [1.29, 1.82) is 10.5 Å². The number of nitrogens with zero attached hydrogens (tertiary/aromatic N) is 3. The third kappa shape index (κ3) is 4.34. The van der Waals surface area contributed by atoms with Gasteiger partial charge in [-0.15, -0.1) is 0 Å². The maximum absolute atomic E-state index is 13.0. The van der Waals surface area contributed by atoms with Crippen molar-refractivity contribution in [3.8, 4) is 17.9 Å². The number of carbonyl (C=O) groups is 2. The molecule has 0 fully saturated rings. The maximum Gasteiger partial charge on any atom is 0.355 e. The SMILES string of the molecule is COC(=O)C1=C(C(=O)OC)N(c2cccc(OCC#N)c2)C(N)=C(C#N)C1c1ccccc1. The number of hydrogen-bond acceptors (Lipinski definition) is 9. The van der Waals surface area contributed by atoms with Crippen LogP contribution in [0.4, 0.5) is 5.69 Å². The van der Waals surface area contributed by atoms with Crippen LogP contribution in [0.5, 0.6) is 5.75 Å². The fourth-order valence-corrected chi connectivity index (χ4v) is 3.61. The van der Waals surface area contributed by atoms with E-state index in [1.807, 2.05) is 6.07 Å². The van der Waals surface area contributed by atoms with E-state index in [0.717, 1.165) is 0 Å². The van der Waals surface area contributed by atoms with E-state index in [0.29, 0.717) is 17.0 Å². The quantitative estimate of drug-likeness (QED) is 0.666. The fraction of sp³-hybridized carbons (Fsp3) is 0.167. The Morgan fingerprint density at radius 1 is 1.03 bits per heavy atom. The lowest BCUT2D eigenvalue weighted by atomic mass is 9.81. The Hall–Kier alpha value is -4.76. The number of benzene rings is 2. The minimum Gasteiger partial charge on any atom is -0.479 e. The first-order valence-electron chi connectivity index (χ1n) is 9.73. The van der Waals surface area contributed by atoms with Crippen LogP contribution in [0.1, 0.15) is 11.5 Å². The minimum atomic E-state index is -0.952. The van der Waals surface area contributed by atoms with Gasteiger partial charge in [-0.25, -0.2) is 9.59 Å². The smallest absolute Gasteiger partial charge is 0.355 e. The van der Waals surface area contributed by atoms with Crippen LogP contribution in [0, 0.1) is 22.7 Å². The van der Waals surface area contributed by atoms with Crippen LogP contribution >= 0.6 is 0 Å². The highest BCUT2D eigenvalue weighted by molar-refractivity contribution is 6.06. The van der Waals surface area contributed by atoms with Crippen LogP contribution in [0.3, 0.4) is 0 Å². The topological polar surface area (TPSA) is 139 Å². The predicted molar refractivity (Wildman–Crippen MR) is 117 cm³/mol. The van der Waals surface area contributed by atoms with Gasteiger partial charge in [0.05, 0.1) is 43.0 Å². The van der Waals surface area contributed by atoms with Gasteiger partial charge in [0, 0.05) is 6.07 Å². The Bertz CT molecular complexity index is 1220. The van der Waals surface area contributed by atoms with Gasteiger partial charge in [0.2, 0.25) is 0 Å². The average Bonchev–Trinajstić information content (AvgIpc) is 2.86. The molecular formula is C24H20N4O5. The second kappa shape index (κ2) is 10.0. The summed E-state index contributed by atoms with van der Waals surface area (Å²) in [4.78, 5) is 27.2. The van der Waals surface area contributed by atoms with Gasteiger partial charge in [-0.05, 0) is 17.7 Å². The van der Waals surface area contributed by atoms with E-state index in [4.69, 9.17) is 25.2 Å². The van der Waals surface area contributed by atoms with Crippen LogP contribution in [0.25, 0.3) is 0 Å². The second-order valence-corrected chi connectivity index (χ2v) is 6.78. The van der Waals surface area contributed by atoms with Gasteiger partial charge in [-0.2, -0.15) is 10.5 Å². The van der Waals surface area contributed by atoms with Gasteiger partial charge in [0.1, 0.15) is 23.3 Å². The molecule has 1 aliphatic heterocycles. The first kappa shape index (κ1) is 22.9. The summed E-state index contributed by atoms with van der Waals surface area (Å²) >= 11 is 0. The molecule has 33 heavy (non-hydrogen) atoms. The van der Waals surface area contributed by atoms with Gasteiger partial charge in [0.15, 0.2) is 6.61 Å². The molecule has 2 aromatic carbocycles. The van der Waals surface area contributed by atoms with E-state index in [1.165, 1.54) is 25.2 Å². The van der Waals surface area contributed by atoms with Gasteiger partial charge in [-0.1, -0.05) is 36.4 Å². The highest BCUT2D eigenvalue weighted by Gasteiger charge is 2.43. The van der Waals surface area contributed by atoms with Gasteiger partial charge < -0.3 is 19.9 Å². The second-order valence-electron chi connectivity index (χ2n) is 6.78. The van der Waals surface area contributed by atoms with Crippen molar-refractivity contribution in [2.45, 2.75) is 5.92 Å². The predicted octanol–water partition coefficient (Wildman–Crippen LogP) is 2.49. The lowest BCUT2D eigenvalue weighted by Crippen LogP contribution is -2.40. The number of rotatable bonds is 6. The monoisotopic (exact) mass is 444 g/mol. The molecule has 0 radical (unpaired) electrons. The Kier molecular flexibility index (Phi) is 6.97. The summed E-state index contributed by atoms with van der Waals surface area (Å²) in [7, 11) is 2.35. The molecule has 0 amide bonds. The van der Waals surface area contributed by atoms with Crippen molar-refractivity contribution in [2.75, 3.05) is 25.7 Å². The summed E-state index contributed by atoms with van der Waals surface area (Å²) in [6.45, 7) is -0.193. The Labute approximate surface area is 190 Å². The zero-order valence-corrected chi connectivity index (χ0v) is 17.9. The first-order valence-corrected chi connectivity index (χ1v) is 9.73. The molecule has 2 aromatic rings. The third-order valence-corrected chi connectivity index (χ3v) is 4.99. The standard InChI is InChI=1S/C24H20N4O5/c1-31-23(29)20-19(15-7-4-3-5-8-15)18(14-26)22(27)28(21(20)24(30)32-2)16-9-6-10-17(13-16)33-12-11-25/h3-10,13,19H,12,27H2,1-2H3. The lowest BCUT2D eigenvalue weighted by Gasteiger charge is -2.36. The van der Waals surface area contributed by atoms with Crippen molar-refractivity contribution in [3.63, 3.8) is 0 Å². The zero-order chi connectivity index (χ0) is 24.0. The van der Waals surface area contributed by atoms with E-state index in [2.05, 4.69) is 6.07 Å². The Morgan fingerprint density at radius 3 is 2.33 bits per heavy atom. The van der Waals surface area contributed by atoms with Gasteiger partial charge in [0.25, 0.3) is 0 Å². The summed E-state index contributed by atoms with van der Waals surface area (Å²) in [5.41, 5.74) is 7.10. The van der Waals surface area contributed by atoms with Gasteiger partial charge in [-0.3, -0.25) is 4.90 Å². The molecule has 9 nitrogen and oxygen atoms in total. The summed E-state index contributed by atoms with van der Waals surface area (Å²) in [6, 6.07) is 19.1. The van der Waals surface area contributed by atoms with E-state index in [9.17, 15) is 14.9 Å². The number of nitriles is 2. The minimum absolute atomic E-state index is 0.0533. The van der Waals surface area contributed by atoms with Crippen LogP contribution in [-0.4, -0.2) is 32.8 Å². The summed E-state index contributed by atoms with van der Waals surface area (Å²) < 4.78 is 15.3. The molecule has 1 aliphatic rings. The molecule has 0 spiro atoms. The summed E-state index contributed by atoms with van der Waals surface area (Å²) in [6.07, 6.45) is 0. The molecular weight excluding hydrogens is 424 g/mol. The molecule has 0 saturated heterocycles. The molecule has 3 rings (SSSR count). The molecule has 0 bridgehead atoms. The molecule has 1 unspecified atom stereocenters. The molecule has 0 aliphatic carbocycles. The number of nitrogens with two attached hydrogens (primary N) is 1. The third-order valence-electron chi connectivity index (χ3n) is 4.99.